The average molecular weight is 1320 g/mol. The minimum Gasteiger partial charge on any atom is -0.384 e. The van der Waals surface area contributed by atoms with Gasteiger partial charge in [0.05, 0.1) is 23.6 Å². The molecule has 0 saturated carbocycles. The van der Waals surface area contributed by atoms with E-state index in [4.69, 9.17) is 34.8 Å². The SMILES string of the molecule is CC(=O)N1CCC(c2cc(C(F)(F)F)cc3[nH]ccc23)CC1(C)C.CC(O)C(=O)N1CCN(c2cc(Cl)cc3[nH]ccc23)CC1.C[C@@H]1CN(c2cc(Cl)cc3[nH]ccc23)C[C@H](C)N1S(C)(=O)=O.Cc1[nH]nc2cc(Cl)cc(N3CCN(S(C)(=O)=O)CC3)c12. The Morgan fingerprint density at radius 3 is 1.67 bits per heavy atom. The fraction of sp³-hybridized carbons (Fsp3) is 0.459. The number of carbonyl (C=O) groups excluding carboxylic acids is 2. The van der Waals surface area contributed by atoms with E-state index in [9.17, 15) is 44.7 Å². The van der Waals surface area contributed by atoms with Crippen LogP contribution in [-0.2, 0) is 35.8 Å². The largest absolute Gasteiger partial charge is 0.416 e. The van der Waals surface area contributed by atoms with Gasteiger partial charge in [0.15, 0.2) is 0 Å². The number of fused-ring (bicyclic) bond motifs is 4. The number of aliphatic hydroxyl groups excluding tert-OH is 1. The van der Waals surface area contributed by atoms with Crippen LogP contribution in [0.15, 0.2) is 85.3 Å². The number of aryl methyl sites for hydroxylation is 1. The Morgan fingerprint density at radius 2 is 1.17 bits per heavy atom. The molecule has 12 rings (SSSR count). The molecule has 2 amide bonds. The van der Waals surface area contributed by atoms with Crippen LogP contribution < -0.4 is 14.7 Å². The number of amides is 2. The number of hydrogen-bond donors (Lipinski definition) is 5. The molecule has 0 aliphatic carbocycles. The summed E-state index contributed by atoms with van der Waals surface area (Å²) < 4.78 is 89.8. The molecule has 8 heterocycles. The minimum atomic E-state index is -4.37. The van der Waals surface area contributed by atoms with Gasteiger partial charge in [0.1, 0.15) is 6.10 Å². The molecule has 0 bridgehead atoms. The zero-order chi connectivity index (χ0) is 63.9. The van der Waals surface area contributed by atoms with E-state index in [0.717, 1.165) is 85.6 Å². The van der Waals surface area contributed by atoms with E-state index in [2.05, 4.69) is 39.8 Å². The van der Waals surface area contributed by atoms with E-state index >= 15 is 0 Å². The zero-order valence-electron chi connectivity index (χ0n) is 50.6. The van der Waals surface area contributed by atoms with Crippen molar-refractivity contribution in [2.45, 2.75) is 97.1 Å². The van der Waals surface area contributed by atoms with Crippen LogP contribution in [-0.4, -0.2) is 186 Å². The van der Waals surface area contributed by atoms with Gasteiger partial charge in [0.25, 0.3) is 5.91 Å². The van der Waals surface area contributed by atoms with Crippen LogP contribution in [0.1, 0.15) is 77.1 Å². The molecule has 8 aromatic rings. The third kappa shape index (κ3) is 14.8. The number of aromatic nitrogens is 5. The number of rotatable bonds is 7. The van der Waals surface area contributed by atoms with E-state index in [1.165, 1.54) is 36.7 Å². The van der Waals surface area contributed by atoms with E-state index < -0.39 is 37.9 Å². The first-order valence-electron chi connectivity index (χ1n) is 29.1. The lowest BCUT2D eigenvalue weighted by Crippen LogP contribution is -2.58. The van der Waals surface area contributed by atoms with Gasteiger partial charge in [-0.05, 0) is 133 Å². The number of nitrogens with zero attached hydrogens (tertiary/aromatic N) is 8. The number of nitrogens with one attached hydrogen (secondary N) is 4. The molecular weight excluding hydrogens is 1240 g/mol. The molecule has 4 saturated heterocycles. The van der Waals surface area contributed by atoms with Gasteiger partial charge in [-0.25, -0.2) is 16.8 Å². The highest BCUT2D eigenvalue weighted by Crippen LogP contribution is 2.43. The summed E-state index contributed by atoms with van der Waals surface area (Å²) in [5, 5.41) is 22.7. The maximum atomic E-state index is 13.2. The van der Waals surface area contributed by atoms with Crippen molar-refractivity contribution in [2.24, 2.45) is 0 Å². The van der Waals surface area contributed by atoms with Crippen LogP contribution in [0.2, 0.25) is 15.1 Å². The van der Waals surface area contributed by atoms with Crippen molar-refractivity contribution in [3.05, 3.63) is 117 Å². The summed E-state index contributed by atoms with van der Waals surface area (Å²) >= 11 is 18.6. The normalized spacial score (nSPS) is 20.1. The van der Waals surface area contributed by atoms with Crippen molar-refractivity contribution in [2.75, 3.05) is 99.2 Å². The first kappa shape index (κ1) is 66.2. The summed E-state index contributed by atoms with van der Waals surface area (Å²) in [6.07, 6.45) is 4.01. The van der Waals surface area contributed by atoms with Crippen LogP contribution in [0.25, 0.3) is 43.6 Å². The van der Waals surface area contributed by atoms with Crippen LogP contribution in [0.3, 0.4) is 0 Å². The number of benzene rings is 4. The molecule has 19 nitrogen and oxygen atoms in total. The first-order valence-corrected chi connectivity index (χ1v) is 33.9. The lowest BCUT2D eigenvalue weighted by molar-refractivity contribution is -0.139. The van der Waals surface area contributed by atoms with Crippen molar-refractivity contribution in [1.29, 1.82) is 0 Å². The number of alkyl halides is 3. The first-order chi connectivity index (χ1) is 41.3. The lowest BCUT2D eigenvalue weighted by atomic mass is 9.77. The molecule has 4 aromatic heterocycles. The summed E-state index contributed by atoms with van der Waals surface area (Å²) in [5.41, 5.74) is 7.21. The van der Waals surface area contributed by atoms with E-state index in [1.807, 2.05) is 107 Å². The van der Waals surface area contributed by atoms with E-state index in [1.54, 1.807) is 15.4 Å². The number of halogens is 6. The Hall–Kier alpha value is -6.25. The van der Waals surface area contributed by atoms with E-state index in [0.29, 0.717) is 92.3 Å². The highest BCUT2D eigenvalue weighted by Gasteiger charge is 2.40. The molecule has 476 valence electrons. The number of anilines is 3. The molecule has 27 heteroatoms. The number of carbonyl (C=O) groups is 2. The summed E-state index contributed by atoms with van der Waals surface area (Å²) in [6.45, 7) is 19.7. The molecular formula is C61H76Cl3F3N12O7S2. The smallest absolute Gasteiger partial charge is 0.384 e. The molecule has 4 fully saturated rings. The standard InChI is InChI=1S/C18H21F3N2O.C15H20ClN3O2S.C15H18ClN3O2.C13H17ClN4O2S/c1-11(24)23-7-5-12(10-17(23,2)3)15-8-13(18(19,20)21)9-16-14(15)4-6-22-16;1-10-8-18(9-11(2)19(10)22(3,20)21)15-7-12(16)6-14-13(15)4-5-17-14;1-10(20)15(21)19-6-4-18(5-7-19)14-9-11(16)8-13-12(14)2-3-17-13;1-9-13-11(16-15-9)7-10(14)8-12(13)17-3-5-18(6-4-17)21(2,19)20/h4,6,8-9,12,22H,5,7,10H2,1-3H3;4-7,10-11,17H,8-9H2,1-3H3;2-3,8-10,17,20H,4-7H2,1H3;7-8H,3-6H2,1-2H3,(H,15,16)/t;10-,11+;;. The second-order valence-electron chi connectivity index (χ2n) is 23.9. The predicted octanol–water partition coefficient (Wildman–Crippen LogP) is 10.8. The van der Waals surface area contributed by atoms with Crippen LogP contribution in [0.5, 0.6) is 0 Å². The van der Waals surface area contributed by atoms with Crippen LogP contribution >= 0.6 is 34.8 Å². The zero-order valence-corrected chi connectivity index (χ0v) is 54.5. The molecule has 4 aliphatic heterocycles. The molecule has 4 atom stereocenters. The quantitative estimate of drug-likeness (QED) is 0.101. The van der Waals surface area contributed by atoms with Crippen LogP contribution in [0, 0.1) is 6.92 Å². The summed E-state index contributed by atoms with van der Waals surface area (Å²) in [5.74, 6) is -0.196. The maximum absolute atomic E-state index is 13.2. The third-order valence-electron chi connectivity index (χ3n) is 16.9. The van der Waals surface area contributed by atoms with Gasteiger partial charge in [-0.3, -0.25) is 14.7 Å². The number of piperazine rings is 3. The van der Waals surface area contributed by atoms with Crippen molar-refractivity contribution < 1.29 is 44.7 Å². The fourth-order valence-electron chi connectivity index (χ4n) is 13.0. The molecule has 0 radical (unpaired) electrons. The number of H-pyrrole nitrogens is 4. The van der Waals surface area contributed by atoms with Gasteiger partial charge >= 0.3 is 6.18 Å². The number of aromatic amines is 4. The van der Waals surface area contributed by atoms with Gasteiger partial charge in [-0.2, -0.15) is 26.9 Å². The maximum Gasteiger partial charge on any atom is 0.416 e. The minimum absolute atomic E-state index is 0.00352. The molecule has 88 heavy (non-hydrogen) atoms. The highest BCUT2D eigenvalue weighted by atomic mass is 35.5. The van der Waals surface area contributed by atoms with Crippen LogP contribution in [0.4, 0.5) is 30.2 Å². The second-order valence-corrected chi connectivity index (χ2v) is 29.1. The van der Waals surface area contributed by atoms with Gasteiger partial charge in [0, 0.05) is 191 Å². The molecule has 0 spiro atoms. The fourth-order valence-corrected chi connectivity index (χ4v) is 15.9. The van der Waals surface area contributed by atoms with Gasteiger partial charge in [-0.1, -0.05) is 34.8 Å². The lowest BCUT2D eigenvalue weighted by Gasteiger charge is -2.45. The topological polar surface area (TPSA) is 221 Å². The predicted molar refractivity (Wildman–Crippen MR) is 346 cm³/mol. The Kier molecular flexibility index (Phi) is 19.8. The monoisotopic (exact) mass is 1310 g/mol. The summed E-state index contributed by atoms with van der Waals surface area (Å²) in [7, 11) is -6.31. The van der Waals surface area contributed by atoms with Crippen molar-refractivity contribution in [1.82, 2.24) is 43.6 Å². The van der Waals surface area contributed by atoms with E-state index in [-0.39, 0.29) is 35.4 Å². The summed E-state index contributed by atoms with van der Waals surface area (Å²) in [6, 6.07) is 19.7. The average Bonchev–Trinajstić information content (AvgIpc) is 2.27. The molecule has 4 aliphatic rings. The van der Waals surface area contributed by atoms with Gasteiger partial charge < -0.3 is 44.6 Å². The second kappa shape index (κ2) is 26.3. The van der Waals surface area contributed by atoms with Crippen molar-refractivity contribution in [3.8, 4) is 0 Å². The number of piperidine rings is 1. The number of likely N-dealkylation sites (tertiary alicyclic amines) is 1. The highest BCUT2D eigenvalue weighted by molar-refractivity contribution is 7.88. The van der Waals surface area contributed by atoms with Crippen molar-refractivity contribution >= 4 is 127 Å². The van der Waals surface area contributed by atoms with Gasteiger partial charge in [0.2, 0.25) is 26.0 Å². The Morgan fingerprint density at radius 1 is 0.682 bits per heavy atom. The number of hydrogen-bond acceptors (Lipinski definition) is 11. The Balaban J connectivity index is 0.000000140. The Bertz CT molecular complexity index is 4050. The number of aliphatic hydroxyl groups is 1. The Labute approximate surface area is 526 Å². The molecule has 5 N–H and O–H groups in total. The number of sulfonamides is 2. The molecule has 4 aromatic carbocycles. The summed E-state index contributed by atoms with van der Waals surface area (Å²) in [4.78, 5) is 43.0. The third-order valence-corrected chi connectivity index (χ3v) is 20.4. The molecule has 2 unspecified atom stereocenters. The van der Waals surface area contributed by atoms with Gasteiger partial charge in [-0.15, -0.1) is 0 Å². The van der Waals surface area contributed by atoms with Crippen molar-refractivity contribution in [3.63, 3.8) is 0 Å².